The number of benzene rings is 1. The molecule has 27 heavy (non-hydrogen) atoms. The van der Waals surface area contributed by atoms with Gasteiger partial charge in [-0.2, -0.15) is 0 Å². The number of nitrogens with one attached hydrogen (secondary N) is 3. The SMILES string of the molecule is CCNC(=O)c1cccc(CNC(=O)c2cnc3c(c2)NC(=O)CN3C)c1. The van der Waals surface area contributed by atoms with Crippen molar-refractivity contribution < 1.29 is 14.4 Å². The molecule has 0 fully saturated rings. The summed E-state index contributed by atoms with van der Waals surface area (Å²) in [5, 5.41) is 8.27. The summed E-state index contributed by atoms with van der Waals surface area (Å²) in [6.07, 6.45) is 1.48. The van der Waals surface area contributed by atoms with Crippen molar-refractivity contribution >= 4 is 29.2 Å². The number of hydrogen-bond acceptors (Lipinski definition) is 5. The number of carbonyl (C=O) groups is 3. The Bertz CT molecular complexity index is 897. The Balaban J connectivity index is 1.68. The van der Waals surface area contributed by atoms with E-state index in [0.29, 0.717) is 29.2 Å². The van der Waals surface area contributed by atoms with E-state index in [0.717, 1.165) is 5.56 Å². The van der Waals surface area contributed by atoms with Crippen molar-refractivity contribution in [3.05, 3.63) is 53.2 Å². The molecule has 140 valence electrons. The first-order chi connectivity index (χ1) is 13.0. The van der Waals surface area contributed by atoms with E-state index < -0.39 is 0 Å². The summed E-state index contributed by atoms with van der Waals surface area (Å²) in [5.41, 5.74) is 2.22. The van der Waals surface area contributed by atoms with Crippen molar-refractivity contribution in [3.8, 4) is 0 Å². The van der Waals surface area contributed by atoms with Crippen molar-refractivity contribution in [3.63, 3.8) is 0 Å². The monoisotopic (exact) mass is 367 g/mol. The maximum absolute atomic E-state index is 12.4. The first-order valence-electron chi connectivity index (χ1n) is 8.64. The molecule has 0 saturated heterocycles. The highest BCUT2D eigenvalue weighted by molar-refractivity contribution is 6.02. The second kappa shape index (κ2) is 7.86. The van der Waals surface area contributed by atoms with Gasteiger partial charge in [0.15, 0.2) is 5.82 Å². The van der Waals surface area contributed by atoms with Gasteiger partial charge in [0.25, 0.3) is 11.8 Å². The molecule has 0 spiro atoms. The van der Waals surface area contributed by atoms with Crippen molar-refractivity contribution in [2.75, 3.05) is 30.4 Å². The van der Waals surface area contributed by atoms with Gasteiger partial charge >= 0.3 is 0 Å². The van der Waals surface area contributed by atoms with Crippen LogP contribution in [0.15, 0.2) is 36.5 Å². The third-order valence-corrected chi connectivity index (χ3v) is 4.12. The summed E-state index contributed by atoms with van der Waals surface area (Å²) < 4.78 is 0. The molecule has 0 aliphatic carbocycles. The molecule has 0 saturated carbocycles. The summed E-state index contributed by atoms with van der Waals surface area (Å²) >= 11 is 0. The Kier molecular flexibility index (Phi) is 5.35. The maximum atomic E-state index is 12.4. The standard InChI is InChI=1S/C19H21N5O3/c1-3-20-18(26)13-6-4-5-12(7-13)9-22-19(27)14-8-15-17(21-10-14)24(2)11-16(25)23-15/h4-8,10H,3,9,11H2,1-2H3,(H,20,26)(H,22,27)(H,23,25). The van der Waals surface area contributed by atoms with Crippen molar-refractivity contribution in [2.24, 2.45) is 0 Å². The Morgan fingerprint density at radius 1 is 1.19 bits per heavy atom. The van der Waals surface area contributed by atoms with Gasteiger partial charge in [-0.1, -0.05) is 12.1 Å². The molecule has 0 radical (unpaired) electrons. The van der Waals surface area contributed by atoms with Gasteiger partial charge in [0, 0.05) is 31.9 Å². The summed E-state index contributed by atoms with van der Waals surface area (Å²) in [5.74, 6) is 0.0212. The molecule has 0 bridgehead atoms. The fourth-order valence-electron chi connectivity index (χ4n) is 2.83. The van der Waals surface area contributed by atoms with Crippen LogP contribution in [0.25, 0.3) is 0 Å². The molecule has 0 atom stereocenters. The number of amides is 3. The number of nitrogens with zero attached hydrogens (tertiary/aromatic N) is 2. The molecule has 2 aromatic rings. The van der Waals surface area contributed by atoms with E-state index in [1.54, 1.807) is 36.2 Å². The summed E-state index contributed by atoms with van der Waals surface area (Å²) in [6, 6.07) is 8.69. The van der Waals surface area contributed by atoms with Crippen LogP contribution in [0, 0.1) is 0 Å². The average Bonchev–Trinajstić information content (AvgIpc) is 2.66. The number of rotatable bonds is 5. The lowest BCUT2D eigenvalue weighted by Crippen LogP contribution is -2.36. The molecule has 8 nitrogen and oxygen atoms in total. The van der Waals surface area contributed by atoms with Gasteiger partial charge in [0.2, 0.25) is 5.91 Å². The van der Waals surface area contributed by atoms with Crippen LogP contribution < -0.4 is 20.9 Å². The topological polar surface area (TPSA) is 103 Å². The normalized spacial score (nSPS) is 12.8. The average molecular weight is 367 g/mol. The predicted molar refractivity (Wildman–Crippen MR) is 102 cm³/mol. The molecular weight excluding hydrogens is 346 g/mol. The van der Waals surface area contributed by atoms with Crippen LogP contribution in [0.4, 0.5) is 11.5 Å². The second-order valence-electron chi connectivity index (χ2n) is 6.24. The Hall–Kier alpha value is -3.42. The first-order valence-corrected chi connectivity index (χ1v) is 8.64. The number of carbonyl (C=O) groups excluding carboxylic acids is 3. The largest absolute Gasteiger partial charge is 0.352 e. The number of pyridine rings is 1. The van der Waals surface area contributed by atoms with Crippen LogP contribution in [0.3, 0.4) is 0 Å². The zero-order valence-corrected chi connectivity index (χ0v) is 15.2. The van der Waals surface area contributed by atoms with Crippen LogP contribution in [-0.2, 0) is 11.3 Å². The number of aromatic nitrogens is 1. The molecule has 3 rings (SSSR count). The Labute approximate surface area is 157 Å². The Morgan fingerprint density at radius 3 is 2.74 bits per heavy atom. The molecule has 1 aliphatic heterocycles. The third kappa shape index (κ3) is 4.22. The minimum Gasteiger partial charge on any atom is -0.352 e. The molecule has 2 heterocycles. The molecular formula is C19H21N5O3. The van der Waals surface area contributed by atoms with E-state index in [4.69, 9.17) is 0 Å². The lowest BCUT2D eigenvalue weighted by atomic mass is 10.1. The minimum atomic E-state index is -0.309. The van der Waals surface area contributed by atoms with Crippen molar-refractivity contribution in [1.29, 1.82) is 0 Å². The molecule has 1 aliphatic rings. The first kappa shape index (κ1) is 18.4. The van der Waals surface area contributed by atoms with E-state index in [1.165, 1.54) is 6.20 Å². The number of hydrogen-bond donors (Lipinski definition) is 3. The van der Waals surface area contributed by atoms with E-state index in [2.05, 4.69) is 20.9 Å². The van der Waals surface area contributed by atoms with Crippen LogP contribution in [0.2, 0.25) is 0 Å². The van der Waals surface area contributed by atoms with Gasteiger partial charge in [-0.05, 0) is 30.7 Å². The van der Waals surface area contributed by atoms with Gasteiger partial charge in [-0.15, -0.1) is 0 Å². The van der Waals surface area contributed by atoms with E-state index in [1.807, 2.05) is 13.0 Å². The van der Waals surface area contributed by atoms with Gasteiger partial charge in [0.05, 0.1) is 17.8 Å². The zero-order chi connectivity index (χ0) is 19.4. The second-order valence-corrected chi connectivity index (χ2v) is 6.24. The van der Waals surface area contributed by atoms with Crippen LogP contribution in [0.5, 0.6) is 0 Å². The molecule has 1 aromatic carbocycles. The summed E-state index contributed by atoms with van der Waals surface area (Å²) in [6.45, 7) is 2.91. The van der Waals surface area contributed by atoms with Crippen molar-refractivity contribution in [1.82, 2.24) is 15.6 Å². The highest BCUT2D eigenvalue weighted by Gasteiger charge is 2.21. The third-order valence-electron chi connectivity index (χ3n) is 4.12. The molecule has 3 amide bonds. The smallest absolute Gasteiger partial charge is 0.253 e. The van der Waals surface area contributed by atoms with Crippen LogP contribution >= 0.6 is 0 Å². The molecule has 3 N–H and O–H groups in total. The summed E-state index contributed by atoms with van der Waals surface area (Å²) in [7, 11) is 1.77. The molecule has 1 aromatic heterocycles. The van der Waals surface area contributed by atoms with Gasteiger partial charge in [-0.25, -0.2) is 4.98 Å². The zero-order valence-electron chi connectivity index (χ0n) is 15.2. The summed E-state index contributed by atoms with van der Waals surface area (Å²) in [4.78, 5) is 42.0. The lowest BCUT2D eigenvalue weighted by Gasteiger charge is -2.26. The van der Waals surface area contributed by atoms with Gasteiger partial charge in [0.1, 0.15) is 0 Å². The van der Waals surface area contributed by atoms with Crippen molar-refractivity contribution in [2.45, 2.75) is 13.5 Å². The highest BCUT2D eigenvalue weighted by Crippen LogP contribution is 2.26. The highest BCUT2D eigenvalue weighted by atomic mass is 16.2. The maximum Gasteiger partial charge on any atom is 0.253 e. The lowest BCUT2D eigenvalue weighted by molar-refractivity contribution is -0.115. The van der Waals surface area contributed by atoms with Crippen LogP contribution in [-0.4, -0.2) is 42.8 Å². The minimum absolute atomic E-state index is 0.147. The molecule has 8 heteroatoms. The molecule has 0 unspecified atom stereocenters. The number of anilines is 2. The quantitative estimate of drug-likeness (QED) is 0.736. The Morgan fingerprint density at radius 2 is 1.96 bits per heavy atom. The van der Waals surface area contributed by atoms with Gasteiger partial charge < -0.3 is 20.9 Å². The van der Waals surface area contributed by atoms with Crippen LogP contribution in [0.1, 0.15) is 33.2 Å². The fourth-order valence-corrected chi connectivity index (χ4v) is 2.83. The van der Waals surface area contributed by atoms with E-state index >= 15 is 0 Å². The fraction of sp³-hybridized carbons (Fsp3) is 0.263. The number of fused-ring (bicyclic) bond motifs is 1. The van der Waals surface area contributed by atoms with E-state index in [-0.39, 0.29) is 30.8 Å². The van der Waals surface area contributed by atoms with E-state index in [9.17, 15) is 14.4 Å². The van der Waals surface area contributed by atoms with Gasteiger partial charge in [-0.3, -0.25) is 14.4 Å². The number of likely N-dealkylation sites (N-methyl/N-ethyl adjacent to an activating group) is 1. The predicted octanol–water partition coefficient (Wildman–Crippen LogP) is 1.15.